The number of pyridine rings is 1. The average molecular weight is 537 g/mol. The highest BCUT2D eigenvalue weighted by atomic mass is 35.5. The van der Waals surface area contributed by atoms with Crippen LogP contribution in [-0.2, 0) is 4.74 Å². The minimum Gasteiger partial charge on any atom is -0.462 e. The number of ether oxygens (including phenoxy) is 2. The predicted octanol–water partition coefficient (Wildman–Crippen LogP) is 3.24. The average Bonchev–Trinajstić information content (AvgIpc) is 3.33. The van der Waals surface area contributed by atoms with Crippen molar-refractivity contribution in [2.75, 3.05) is 38.3 Å². The Balaban J connectivity index is 1.41. The largest absolute Gasteiger partial charge is 0.462 e. The van der Waals surface area contributed by atoms with Crippen molar-refractivity contribution >= 4 is 34.4 Å². The normalized spacial score (nSPS) is 26.2. The highest BCUT2D eigenvalue weighted by Crippen LogP contribution is 2.37. The van der Waals surface area contributed by atoms with E-state index in [9.17, 15) is 9.90 Å². The third kappa shape index (κ3) is 5.13. The van der Waals surface area contributed by atoms with Crippen molar-refractivity contribution < 1.29 is 23.8 Å². The van der Waals surface area contributed by atoms with Gasteiger partial charge in [0.2, 0.25) is 0 Å². The number of carbonyl (C=O) groups is 1. The van der Waals surface area contributed by atoms with Crippen molar-refractivity contribution in [3.63, 3.8) is 0 Å². The molecule has 4 atom stereocenters. The van der Waals surface area contributed by atoms with E-state index in [1.807, 2.05) is 32.7 Å². The fourth-order valence-electron chi connectivity index (χ4n) is 5.68. The molecule has 1 N–H and O–H groups in total. The molecule has 10 nitrogen and oxygen atoms in total. The molecule has 0 spiro atoms. The third-order valence-electron chi connectivity index (χ3n) is 7.59. The number of amides is 1. The highest BCUT2D eigenvalue weighted by molar-refractivity contribution is 6.30. The van der Waals surface area contributed by atoms with Gasteiger partial charge in [0, 0.05) is 31.4 Å². The number of aliphatic hydroxyl groups is 1. The van der Waals surface area contributed by atoms with E-state index in [1.165, 1.54) is 6.20 Å². The number of likely N-dealkylation sites (N-methyl/N-ethyl adjacent to an activating group) is 1. The first-order chi connectivity index (χ1) is 17.6. The molecule has 2 aromatic rings. The molecule has 0 aromatic carbocycles. The maximum Gasteiger partial charge on any atom is 0.410 e. The summed E-state index contributed by atoms with van der Waals surface area (Å²) < 4.78 is 26.7. The van der Waals surface area contributed by atoms with Crippen molar-refractivity contribution in [1.29, 1.82) is 0 Å². The lowest BCUT2D eigenvalue weighted by Crippen LogP contribution is -2.57. The second-order valence-electron chi connectivity index (χ2n) is 11.2. The van der Waals surface area contributed by atoms with Crippen LogP contribution in [0, 0.1) is 5.82 Å². The van der Waals surface area contributed by atoms with Gasteiger partial charge in [0.25, 0.3) is 0 Å². The summed E-state index contributed by atoms with van der Waals surface area (Å²) in [7, 11) is 1.96. The molecular weight excluding hydrogens is 503 g/mol. The Labute approximate surface area is 220 Å². The predicted molar refractivity (Wildman–Crippen MR) is 137 cm³/mol. The number of fused-ring (bicyclic) bond motifs is 3. The molecule has 3 aliphatic rings. The van der Waals surface area contributed by atoms with Gasteiger partial charge in [-0.3, -0.25) is 9.80 Å². The first-order valence-electron chi connectivity index (χ1n) is 12.8. The van der Waals surface area contributed by atoms with E-state index in [-0.39, 0.29) is 53.5 Å². The molecule has 3 fully saturated rings. The second kappa shape index (κ2) is 9.99. The van der Waals surface area contributed by atoms with Crippen molar-refractivity contribution in [3.8, 4) is 6.01 Å². The molecule has 3 aliphatic heterocycles. The maximum absolute atomic E-state index is 15.1. The molecule has 5 heterocycles. The zero-order valence-corrected chi connectivity index (χ0v) is 22.4. The van der Waals surface area contributed by atoms with E-state index in [1.54, 1.807) is 0 Å². The van der Waals surface area contributed by atoms with Crippen LogP contribution < -0.4 is 9.64 Å². The van der Waals surface area contributed by atoms with Crippen LogP contribution in [0.25, 0.3) is 10.9 Å². The molecule has 0 aliphatic carbocycles. The number of aliphatic hydroxyl groups excluding tert-OH is 1. The molecular formula is C25H34ClFN6O4. The van der Waals surface area contributed by atoms with Crippen LogP contribution >= 0.6 is 11.6 Å². The number of hydrogen-bond acceptors (Lipinski definition) is 9. The molecule has 12 heteroatoms. The Morgan fingerprint density at radius 3 is 2.46 bits per heavy atom. The monoisotopic (exact) mass is 536 g/mol. The Hall–Kier alpha value is -2.50. The number of anilines is 1. The number of nitrogens with zero attached hydrogens (tertiary/aromatic N) is 6. The fraction of sp³-hybridized carbons (Fsp3) is 0.680. The Morgan fingerprint density at radius 1 is 1.16 bits per heavy atom. The number of likely N-dealkylation sites (tertiary alicyclic amines) is 1. The summed E-state index contributed by atoms with van der Waals surface area (Å²) in [5.74, 6) is -0.210. The van der Waals surface area contributed by atoms with E-state index >= 15 is 4.39 Å². The van der Waals surface area contributed by atoms with Crippen LogP contribution in [0.4, 0.5) is 15.0 Å². The van der Waals surface area contributed by atoms with E-state index < -0.39 is 11.4 Å². The van der Waals surface area contributed by atoms with Crippen LogP contribution in [0.3, 0.4) is 0 Å². The molecule has 0 saturated carbocycles. The first kappa shape index (κ1) is 26.1. The Kier molecular flexibility index (Phi) is 7.06. The van der Waals surface area contributed by atoms with Gasteiger partial charge in [-0.25, -0.2) is 14.2 Å². The van der Waals surface area contributed by atoms with Gasteiger partial charge in [-0.15, -0.1) is 0 Å². The zero-order chi connectivity index (χ0) is 26.5. The van der Waals surface area contributed by atoms with Crippen molar-refractivity contribution in [2.45, 2.75) is 76.2 Å². The number of carbonyl (C=O) groups excluding carboxylic acids is 1. The minimum atomic E-state index is -0.721. The van der Waals surface area contributed by atoms with E-state index in [0.717, 1.165) is 25.7 Å². The topological polar surface area (TPSA) is 104 Å². The van der Waals surface area contributed by atoms with Gasteiger partial charge in [-0.1, -0.05) is 11.6 Å². The molecule has 202 valence electrons. The number of rotatable bonds is 5. The summed E-state index contributed by atoms with van der Waals surface area (Å²) in [6, 6.07) is 0.164. The van der Waals surface area contributed by atoms with Crippen molar-refractivity contribution in [3.05, 3.63) is 17.2 Å². The van der Waals surface area contributed by atoms with Crippen LogP contribution in [0.5, 0.6) is 6.01 Å². The minimum absolute atomic E-state index is 0.0457. The van der Waals surface area contributed by atoms with Gasteiger partial charge in [0.15, 0.2) is 11.0 Å². The third-order valence-corrected chi connectivity index (χ3v) is 7.85. The van der Waals surface area contributed by atoms with Gasteiger partial charge in [-0.2, -0.15) is 9.97 Å². The van der Waals surface area contributed by atoms with E-state index in [4.69, 9.17) is 21.1 Å². The molecule has 5 rings (SSSR count). The van der Waals surface area contributed by atoms with E-state index in [0.29, 0.717) is 30.9 Å². The summed E-state index contributed by atoms with van der Waals surface area (Å²) in [4.78, 5) is 31.9. The lowest BCUT2D eigenvalue weighted by atomic mass is 10.1. The Bertz CT molecular complexity index is 1170. The van der Waals surface area contributed by atoms with Gasteiger partial charge in [0.05, 0.1) is 24.1 Å². The van der Waals surface area contributed by atoms with Crippen LogP contribution in [0.2, 0.25) is 5.15 Å². The van der Waals surface area contributed by atoms with Crippen molar-refractivity contribution in [1.82, 2.24) is 24.8 Å². The molecule has 4 unspecified atom stereocenters. The smallest absolute Gasteiger partial charge is 0.410 e. The number of piperazine rings is 1. The lowest BCUT2D eigenvalue weighted by molar-refractivity contribution is 0.0122. The number of hydrogen-bond donors (Lipinski definition) is 1. The van der Waals surface area contributed by atoms with Crippen LogP contribution in [-0.4, -0.2) is 99.1 Å². The van der Waals surface area contributed by atoms with Crippen LogP contribution in [0.15, 0.2) is 6.20 Å². The first-order valence-corrected chi connectivity index (χ1v) is 13.2. The Morgan fingerprint density at radius 2 is 1.84 bits per heavy atom. The van der Waals surface area contributed by atoms with Gasteiger partial charge < -0.3 is 19.5 Å². The summed E-state index contributed by atoms with van der Waals surface area (Å²) >= 11 is 5.98. The fourth-order valence-corrected chi connectivity index (χ4v) is 5.81. The lowest BCUT2D eigenvalue weighted by Gasteiger charge is -2.42. The van der Waals surface area contributed by atoms with Gasteiger partial charge >= 0.3 is 12.1 Å². The molecule has 0 radical (unpaired) electrons. The number of aromatic nitrogens is 3. The summed E-state index contributed by atoms with van der Waals surface area (Å²) in [5.41, 5.74) is -0.523. The molecule has 37 heavy (non-hydrogen) atoms. The second-order valence-corrected chi connectivity index (χ2v) is 11.5. The summed E-state index contributed by atoms with van der Waals surface area (Å²) in [6.07, 6.45) is 4.64. The van der Waals surface area contributed by atoms with Gasteiger partial charge in [0.1, 0.15) is 23.5 Å². The summed E-state index contributed by atoms with van der Waals surface area (Å²) in [6.45, 7) is 7.03. The quantitative estimate of drug-likeness (QED) is 0.576. The SMILES string of the molecule is CN1C(CO)CCC1COc1nc(N2CC3CCC(C2)N3C(=O)OC(C)(C)C)c2cnc(Cl)c(F)c2n1. The zero-order valence-electron chi connectivity index (χ0n) is 21.7. The molecule has 3 saturated heterocycles. The van der Waals surface area contributed by atoms with Crippen molar-refractivity contribution in [2.24, 2.45) is 0 Å². The standard InChI is InChI=1S/C25H34ClFN6O4/c1-25(2,3)37-24(35)33-14-5-6-15(33)11-32(10-14)22-18-9-28-21(26)19(27)20(18)29-23(30-22)36-13-17-8-7-16(12-34)31(17)4/h9,14-17,34H,5-8,10-13H2,1-4H3. The molecule has 2 bridgehead atoms. The molecule has 2 aromatic heterocycles. The highest BCUT2D eigenvalue weighted by Gasteiger charge is 2.45. The molecule has 1 amide bonds. The number of halogens is 2. The summed E-state index contributed by atoms with van der Waals surface area (Å²) in [5, 5.41) is 9.72. The van der Waals surface area contributed by atoms with Crippen LogP contribution in [0.1, 0.15) is 46.5 Å². The van der Waals surface area contributed by atoms with E-state index in [2.05, 4.69) is 24.8 Å². The van der Waals surface area contributed by atoms with Gasteiger partial charge in [-0.05, 0) is 53.5 Å². The maximum atomic E-state index is 15.1.